The van der Waals surface area contributed by atoms with Crippen LogP contribution in [0.5, 0.6) is 0 Å². The van der Waals surface area contributed by atoms with Crippen LogP contribution in [0, 0.1) is 10.7 Å². The molecule has 0 atom stereocenters. The van der Waals surface area contributed by atoms with Crippen molar-refractivity contribution >= 4 is 10.8 Å². The molecule has 2 nitrogen and oxygen atoms in total. The number of hydrogen-bond acceptors (Lipinski definition) is 1. The van der Waals surface area contributed by atoms with Crippen LogP contribution in [0.15, 0.2) is 42.6 Å². The Kier molecular flexibility index (Phi) is 1.28. The second kappa shape index (κ2) is 2.53. The number of nitrogens with zero attached hydrogens (tertiary/aromatic N) is 2. The van der Waals surface area contributed by atoms with Gasteiger partial charge in [-0.3, -0.25) is 4.98 Å². The molecule has 0 spiro atoms. The number of pyridine rings is 1. The van der Waals surface area contributed by atoms with Crippen molar-refractivity contribution in [2.45, 2.75) is 0 Å². The molecule has 0 radical (unpaired) electrons. The minimum absolute atomic E-state index is 1.06. The molecule has 0 saturated carbocycles. The highest BCUT2D eigenvalue weighted by Gasteiger charge is 2.21. The predicted molar refractivity (Wildman–Crippen MR) is 63.8 cm³/mol. The molecule has 1 aromatic heterocycles. The van der Waals surface area contributed by atoms with E-state index in [0.29, 0.717) is 0 Å². The smallest absolute Gasteiger partial charge is 0.0743 e. The molecule has 2 heterocycles. The van der Waals surface area contributed by atoms with Crippen LogP contribution < -0.4 is 0 Å². The first-order valence-electron chi connectivity index (χ1n) is 5.41. The third-order valence-electron chi connectivity index (χ3n) is 3.34. The number of aromatic nitrogens is 2. The summed E-state index contributed by atoms with van der Waals surface area (Å²) in [5.74, 6) is 0. The molecule has 2 aliphatic rings. The van der Waals surface area contributed by atoms with Crippen molar-refractivity contribution in [3.8, 4) is 11.3 Å². The predicted octanol–water partition coefficient (Wildman–Crippen LogP) is 2.84. The van der Waals surface area contributed by atoms with Crippen LogP contribution in [-0.4, -0.2) is 9.55 Å². The third kappa shape index (κ3) is 0.807. The van der Waals surface area contributed by atoms with Gasteiger partial charge in [-0.1, -0.05) is 24.3 Å². The van der Waals surface area contributed by atoms with Crippen LogP contribution in [0.3, 0.4) is 0 Å². The van der Waals surface area contributed by atoms with Gasteiger partial charge in [0.05, 0.1) is 16.4 Å². The molecule has 16 heavy (non-hydrogen) atoms. The van der Waals surface area contributed by atoms with Crippen LogP contribution in [0.1, 0.15) is 0 Å². The maximum atomic E-state index is 4.42. The van der Waals surface area contributed by atoms with E-state index in [2.05, 4.69) is 40.9 Å². The van der Waals surface area contributed by atoms with Crippen LogP contribution in [0.2, 0.25) is 0 Å². The molecule has 0 saturated heterocycles. The topological polar surface area (TPSA) is 17.8 Å². The Balaban J connectivity index is 2.09. The number of aryl methyl sites for hydroxylation is 1. The van der Waals surface area contributed by atoms with E-state index in [9.17, 15) is 0 Å². The van der Waals surface area contributed by atoms with E-state index in [-0.39, 0.29) is 0 Å². The van der Waals surface area contributed by atoms with Crippen molar-refractivity contribution < 1.29 is 0 Å². The Labute approximate surface area is 92.5 Å². The van der Waals surface area contributed by atoms with Crippen molar-refractivity contribution in [2.24, 2.45) is 7.05 Å². The second-order valence-electron chi connectivity index (χ2n) is 4.20. The maximum Gasteiger partial charge on any atom is 0.0743 e. The van der Waals surface area contributed by atoms with Crippen molar-refractivity contribution in [3.05, 3.63) is 53.3 Å². The Bertz CT molecular complexity index is 798. The average molecular weight is 206 g/mol. The van der Waals surface area contributed by atoms with Crippen molar-refractivity contribution in [1.82, 2.24) is 9.55 Å². The van der Waals surface area contributed by atoms with Gasteiger partial charge < -0.3 is 4.57 Å². The fourth-order valence-electron chi connectivity index (χ4n) is 2.52. The second-order valence-corrected chi connectivity index (χ2v) is 4.20. The lowest BCUT2D eigenvalue weighted by atomic mass is 10.0. The molecule has 0 fully saturated rings. The SMILES string of the molecule is Cn1c2c3cccc(-c4ccccn4)c3c1=2. The molecule has 0 N–H and O–H groups in total. The number of fused-ring (bicyclic) bond motifs is 3. The van der Waals surface area contributed by atoms with Gasteiger partial charge in [0.2, 0.25) is 0 Å². The maximum absolute atomic E-state index is 4.42. The van der Waals surface area contributed by atoms with Crippen LogP contribution in [0.4, 0.5) is 0 Å². The lowest BCUT2D eigenvalue weighted by molar-refractivity contribution is 1.01. The summed E-state index contributed by atoms with van der Waals surface area (Å²) < 4.78 is 2.25. The molecular formula is C14H10N2. The Morgan fingerprint density at radius 2 is 1.94 bits per heavy atom. The number of benzene rings is 1. The summed E-state index contributed by atoms with van der Waals surface area (Å²) in [4.78, 5) is 4.42. The van der Waals surface area contributed by atoms with Gasteiger partial charge in [0.25, 0.3) is 0 Å². The van der Waals surface area contributed by atoms with E-state index in [1.54, 1.807) is 0 Å². The van der Waals surface area contributed by atoms with Gasteiger partial charge in [-0.2, -0.15) is 0 Å². The lowest BCUT2D eigenvalue weighted by Gasteiger charge is -2.04. The zero-order valence-corrected chi connectivity index (χ0v) is 8.94. The fourth-order valence-corrected chi connectivity index (χ4v) is 2.52. The van der Waals surface area contributed by atoms with Gasteiger partial charge in [0.1, 0.15) is 0 Å². The van der Waals surface area contributed by atoms with Gasteiger partial charge in [-0.05, 0) is 12.1 Å². The highest BCUT2D eigenvalue weighted by atomic mass is 15.0. The molecule has 0 bridgehead atoms. The molecule has 76 valence electrons. The number of rotatable bonds is 1. The summed E-state index contributed by atoms with van der Waals surface area (Å²) in [5.41, 5.74) is 2.31. The molecule has 1 aromatic carbocycles. The molecule has 0 unspecified atom stereocenters. The van der Waals surface area contributed by atoms with Gasteiger partial charge in [-0.25, -0.2) is 0 Å². The van der Waals surface area contributed by atoms with Crippen molar-refractivity contribution in [2.75, 3.05) is 0 Å². The fraction of sp³-hybridized carbons (Fsp3) is 0.0714. The highest BCUT2D eigenvalue weighted by Crippen LogP contribution is 2.36. The summed E-state index contributed by atoms with van der Waals surface area (Å²) >= 11 is 0. The number of hydrogen-bond donors (Lipinski definition) is 0. The molecule has 1 aliphatic carbocycles. The average Bonchev–Trinajstić information content (AvgIpc) is 2.90. The van der Waals surface area contributed by atoms with E-state index in [4.69, 9.17) is 0 Å². The van der Waals surface area contributed by atoms with Crippen LogP contribution in [0.25, 0.3) is 22.0 Å². The first-order chi connectivity index (χ1) is 7.88. The minimum atomic E-state index is 1.06. The summed E-state index contributed by atoms with van der Waals surface area (Å²) in [6, 6.07) is 12.5. The first-order valence-corrected chi connectivity index (χ1v) is 5.41. The molecule has 2 heteroatoms. The zero-order chi connectivity index (χ0) is 10.7. The van der Waals surface area contributed by atoms with Crippen LogP contribution >= 0.6 is 0 Å². The van der Waals surface area contributed by atoms with E-state index >= 15 is 0 Å². The molecular weight excluding hydrogens is 196 g/mol. The highest BCUT2D eigenvalue weighted by molar-refractivity contribution is 6.01. The van der Waals surface area contributed by atoms with E-state index in [1.807, 2.05) is 18.3 Å². The van der Waals surface area contributed by atoms with Gasteiger partial charge in [0, 0.05) is 29.6 Å². The summed E-state index contributed by atoms with van der Waals surface area (Å²) in [6.07, 6.45) is 1.85. The van der Waals surface area contributed by atoms with E-state index in [0.717, 1.165) is 5.69 Å². The summed E-state index contributed by atoms with van der Waals surface area (Å²) in [7, 11) is 2.12. The molecule has 0 amide bonds. The van der Waals surface area contributed by atoms with Crippen molar-refractivity contribution in [1.29, 1.82) is 0 Å². The van der Waals surface area contributed by atoms with Crippen LogP contribution in [-0.2, 0) is 7.05 Å². The monoisotopic (exact) mass is 206 g/mol. The lowest BCUT2D eigenvalue weighted by Crippen LogP contribution is -1.85. The quantitative estimate of drug-likeness (QED) is 0.468. The standard InChI is InChI=1S/C14H10N2/c1-16-13-10-6-4-5-9(12(10)14(13)16)11-7-2-3-8-15-11/h2-8H,1H3. The van der Waals surface area contributed by atoms with Gasteiger partial charge in [-0.15, -0.1) is 0 Å². The van der Waals surface area contributed by atoms with E-state index in [1.165, 1.54) is 27.0 Å². The first kappa shape index (κ1) is 8.11. The minimum Gasteiger partial charge on any atom is -0.340 e. The normalized spacial score (nSPS) is 12.1. The Hall–Kier alpha value is -2.09. The van der Waals surface area contributed by atoms with Crippen molar-refractivity contribution in [3.63, 3.8) is 0 Å². The summed E-state index contributed by atoms with van der Waals surface area (Å²) in [5, 5.41) is 5.56. The third-order valence-corrected chi connectivity index (χ3v) is 3.34. The molecule has 2 aromatic rings. The van der Waals surface area contributed by atoms with Gasteiger partial charge >= 0.3 is 0 Å². The molecule has 1 aliphatic heterocycles. The largest absolute Gasteiger partial charge is 0.340 e. The molecule has 4 rings (SSSR count). The summed E-state index contributed by atoms with van der Waals surface area (Å²) in [6.45, 7) is 0. The van der Waals surface area contributed by atoms with E-state index < -0.39 is 0 Å². The zero-order valence-electron chi connectivity index (χ0n) is 8.94. The Morgan fingerprint density at radius 3 is 2.75 bits per heavy atom. The van der Waals surface area contributed by atoms with Gasteiger partial charge in [0.15, 0.2) is 0 Å². The Morgan fingerprint density at radius 1 is 1.00 bits per heavy atom.